The first-order chi connectivity index (χ1) is 17.7. The van der Waals surface area contributed by atoms with Gasteiger partial charge in [0.15, 0.2) is 5.75 Å². The number of carbonyl (C=O) groups excluding carboxylic acids is 2. The number of rotatable bonds is 8. The largest absolute Gasteiger partial charge is 0.459 e. The average molecular weight is 570 g/mol. The molecule has 0 N–H and O–H groups in total. The van der Waals surface area contributed by atoms with Crippen molar-refractivity contribution >= 4 is 56.4 Å². The molecule has 37 heavy (non-hydrogen) atoms. The molecule has 0 fully saturated rings. The van der Waals surface area contributed by atoms with Crippen molar-refractivity contribution in [2.75, 3.05) is 31.1 Å². The Labute approximate surface area is 222 Å². The summed E-state index contributed by atoms with van der Waals surface area (Å²) in [6, 6.07) is 14.7. The summed E-state index contributed by atoms with van der Waals surface area (Å²) in [6.45, 7) is 3.11. The van der Waals surface area contributed by atoms with Gasteiger partial charge >= 0.3 is 12.1 Å². The third kappa shape index (κ3) is 4.24. The lowest BCUT2D eigenvalue weighted by atomic mass is 9.77. The summed E-state index contributed by atoms with van der Waals surface area (Å²) in [5.41, 5.74) is 1.98. The molecule has 9 heteroatoms. The number of ether oxygens (including phenoxy) is 1. The highest BCUT2D eigenvalue weighted by molar-refractivity contribution is 9.08. The van der Waals surface area contributed by atoms with Gasteiger partial charge in [0.1, 0.15) is 5.69 Å². The van der Waals surface area contributed by atoms with Gasteiger partial charge < -0.3 is 9.64 Å². The van der Waals surface area contributed by atoms with Crippen molar-refractivity contribution in [2.45, 2.75) is 30.3 Å². The number of para-hydroxylation sites is 1. The van der Waals surface area contributed by atoms with Gasteiger partial charge in [-0.1, -0.05) is 58.4 Å². The Balaban J connectivity index is 1.61. The first-order valence-electron chi connectivity index (χ1n) is 12.0. The second-order valence-electron chi connectivity index (χ2n) is 9.84. The summed E-state index contributed by atoms with van der Waals surface area (Å²) in [4.78, 5) is 30.4. The third-order valence-electron chi connectivity index (χ3n) is 7.32. The van der Waals surface area contributed by atoms with Crippen LogP contribution in [0.4, 0.5) is 20.2 Å². The van der Waals surface area contributed by atoms with Gasteiger partial charge in [-0.25, -0.2) is 0 Å². The van der Waals surface area contributed by atoms with Gasteiger partial charge in [-0.3, -0.25) is 19.5 Å². The van der Waals surface area contributed by atoms with E-state index in [1.807, 2.05) is 59.6 Å². The molecule has 0 amide bonds. The maximum Gasteiger partial charge on any atom is 0.315 e. The predicted octanol–water partition coefficient (Wildman–Crippen LogP) is 5.62. The lowest BCUT2D eigenvalue weighted by Gasteiger charge is -2.47. The van der Waals surface area contributed by atoms with Crippen LogP contribution in [-0.4, -0.2) is 55.1 Å². The zero-order valence-corrected chi connectivity index (χ0v) is 22.1. The number of aliphatic imine (C=N–C) groups is 1. The lowest BCUT2D eigenvalue weighted by Crippen LogP contribution is -2.63. The van der Waals surface area contributed by atoms with Crippen molar-refractivity contribution in [1.82, 2.24) is 4.90 Å². The first kappa shape index (κ1) is 25.5. The molecule has 0 aromatic heterocycles. The smallest absolute Gasteiger partial charge is 0.315 e. The maximum atomic E-state index is 13.2. The van der Waals surface area contributed by atoms with Crippen LogP contribution in [0.25, 0.3) is 10.8 Å². The van der Waals surface area contributed by atoms with Gasteiger partial charge in [-0.2, -0.15) is 8.78 Å². The van der Waals surface area contributed by atoms with Gasteiger partial charge in [0.05, 0.1) is 24.7 Å². The Kier molecular flexibility index (Phi) is 6.62. The molecule has 3 aromatic rings. The minimum Gasteiger partial charge on any atom is -0.459 e. The Morgan fingerprint density at radius 1 is 1.05 bits per heavy atom. The van der Waals surface area contributed by atoms with E-state index in [1.165, 1.54) is 0 Å². The normalized spacial score (nSPS) is 19.2. The fraction of sp³-hybridized carbons (Fsp3) is 0.321. The molecule has 2 heterocycles. The Morgan fingerprint density at radius 3 is 2.43 bits per heavy atom. The second kappa shape index (κ2) is 9.61. The molecule has 5 rings (SSSR count). The molecular formula is C28H26BrF2N3O3. The van der Waals surface area contributed by atoms with Crippen LogP contribution in [0, 0.1) is 0 Å². The zero-order valence-electron chi connectivity index (χ0n) is 20.5. The number of hydrogen-bond acceptors (Lipinski definition) is 6. The molecule has 0 radical (unpaired) electrons. The molecule has 192 valence electrons. The van der Waals surface area contributed by atoms with E-state index in [0.29, 0.717) is 11.1 Å². The Bertz CT molecular complexity index is 1410. The topological polar surface area (TPSA) is 62.2 Å². The van der Waals surface area contributed by atoms with Crippen molar-refractivity contribution in [3.63, 3.8) is 0 Å². The van der Waals surface area contributed by atoms with Gasteiger partial charge in [0.2, 0.25) is 5.72 Å². The summed E-state index contributed by atoms with van der Waals surface area (Å²) in [6.07, 6.45) is 1.81. The summed E-state index contributed by atoms with van der Waals surface area (Å²) >= 11 is 3.60. The standard InChI is InChI=1S/C28H26BrF2N3O3/c1-27(2)21-9-5-6-10-22(21)34(12-11-33(15-23(30)35)16-24(31)36)28(27)17-32-25-20-8-4-3-7-18(20)13-19(14-29)26(25)37-28/h3-10,13,17H,11-12,14-16H2,1-2H3. The van der Waals surface area contributed by atoms with Gasteiger partial charge in [0, 0.05) is 35.1 Å². The highest BCUT2D eigenvalue weighted by Gasteiger charge is 2.59. The van der Waals surface area contributed by atoms with Crippen molar-refractivity contribution in [1.29, 1.82) is 0 Å². The van der Waals surface area contributed by atoms with Crippen molar-refractivity contribution in [3.05, 3.63) is 65.7 Å². The van der Waals surface area contributed by atoms with E-state index in [-0.39, 0.29) is 13.1 Å². The van der Waals surface area contributed by atoms with E-state index in [1.54, 1.807) is 0 Å². The summed E-state index contributed by atoms with van der Waals surface area (Å²) < 4.78 is 33.4. The molecule has 0 bridgehead atoms. The monoisotopic (exact) mass is 569 g/mol. The molecule has 0 aliphatic carbocycles. The predicted molar refractivity (Wildman–Crippen MR) is 144 cm³/mol. The molecular weight excluding hydrogens is 544 g/mol. The van der Waals surface area contributed by atoms with Gasteiger partial charge in [0.25, 0.3) is 0 Å². The highest BCUT2D eigenvalue weighted by Crippen LogP contribution is 2.55. The van der Waals surface area contributed by atoms with Crippen molar-refractivity contribution in [2.24, 2.45) is 4.99 Å². The maximum absolute atomic E-state index is 13.2. The van der Waals surface area contributed by atoms with Gasteiger partial charge in [-0.05, 0) is 36.9 Å². The van der Waals surface area contributed by atoms with Crippen LogP contribution in [0.5, 0.6) is 5.75 Å². The van der Waals surface area contributed by atoms with E-state index < -0.39 is 36.3 Å². The van der Waals surface area contributed by atoms with Crippen LogP contribution in [0.1, 0.15) is 25.0 Å². The molecule has 2 aliphatic rings. The molecule has 3 aromatic carbocycles. The Morgan fingerprint density at radius 2 is 1.73 bits per heavy atom. The van der Waals surface area contributed by atoms with Crippen molar-refractivity contribution < 1.29 is 23.1 Å². The quantitative estimate of drug-likeness (QED) is 0.260. The number of hydrogen-bond donors (Lipinski definition) is 0. The average Bonchev–Trinajstić information content (AvgIpc) is 3.04. The molecule has 0 saturated heterocycles. The van der Waals surface area contributed by atoms with Crippen LogP contribution in [0.15, 0.2) is 59.6 Å². The lowest BCUT2D eigenvalue weighted by molar-refractivity contribution is -0.133. The minimum atomic E-state index is -1.63. The zero-order chi connectivity index (χ0) is 26.4. The van der Waals surface area contributed by atoms with Crippen LogP contribution in [0.2, 0.25) is 0 Å². The van der Waals surface area contributed by atoms with Gasteiger partial charge in [-0.15, -0.1) is 0 Å². The number of carbonyl (C=O) groups is 2. The number of benzene rings is 3. The summed E-state index contributed by atoms with van der Waals surface area (Å²) in [5, 5.41) is 2.59. The van der Waals surface area contributed by atoms with E-state index in [4.69, 9.17) is 9.73 Å². The van der Waals surface area contributed by atoms with E-state index in [9.17, 15) is 18.4 Å². The SMILES string of the molecule is CC1(C)c2ccccc2N(CCN(CC(=O)F)CC(=O)F)C12C=Nc1c(c(CBr)cc3ccccc13)O2. The number of nitrogens with zero attached hydrogens (tertiary/aromatic N) is 3. The third-order valence-corrected chi connectivity index (χ3v) is 7.93. The molecule has 1 unspecified atom stereocenters. The molecule has 6 nitrogen and oxygen atoms in total. The highest BCUT2D eigenvalue weighted by atomic mass is 79.9. The minimum absolute atomic E-state index is 0.0601. The van der Waals surface area contributed by atoms with Crippen LogP contribution >= 0.6 is 15.9 Å². The number of fused-ring (bicyclic) bond motifs is 4. The summed E-state index contributed by atoms with van der Waals surface area (Å²) in [7, 11) is 0. The van der Waals surface area contributed by atoms with E-state index >= 15 is 0 Å². The second-order valence-corrected chi connectivity index (χ2v) is 10.4. The molecule has 2 aliphatic heterocycles. The molecule has 1 atom stereocenters. The number of anilines is 1. The Hall–Kier alpha value is -3.17. The van der Waals surface area contributed by atoms with Crippen molar-refractivity contribution in [3.8, 4) is 5.75 Å². The fourth-order valence-corrected chi connectivity index (χ4v) is 5.91. The van der Waals surface area contributed by atoms with E-state index in [0.717, 1.165) is 38.2 Å². The van der Waals surface area contributed by atoms with Crippen LogP contribution < -0.4 is 9.64 Å². The summed E-state index contributed by atoms with van der Waals surface area (Å²) in [5.74, 6) is 0.665. The number of halogens is 3. The molecule has 1 spiro atoms. The number of alkyl halides is 1. The van der Waals surface area contributed by atoms with E-state index in [2.05, 4.69) is 35.8 Å². The van der Waals surface area contributed by atoms with Crippen LogP contribution in [-0.2, 0) is 20.3 Å². The molecule has 0 saturated carbocycles. The van der Waals surface area contributed by atoms with Crippen LogP contribution in [0.3, 0.4) is 0 Å². The first-order valence-corrected chi connectivity index (χ1v) is 13.1. The fourth-order valence-electron chi connectivity index (χ4n) is 5.50.